The molecule has 3 saturated heterocycles. The van der Waals surface area contributed by atoms with Crippen LogP contribution in [0.4, 0.5) is 17.5 Å². The Morgan fingerprint density at radius 2 is 1.83 bits per heavy atom. The number of hydrogen-bond donors (Lipinski definition) is 3. The maximum atomic E-state index is 12.8. The van der Waals surface area contributed by atoms with Gasteiger partial charge in [-0.25, -0.2) is 4.98 Å². The van der Waals surface area contributed by atoms with Crippen LogP contribution in [0.2, 0.25) is 5.02 Å². The molecule has 3 aromatic heterocycles. The Kier molecular flexibility index (Phi) is 10.2. The normalized spacial score (nSPS) is 19.5. The maximum absolute atomic E-state index is 12.8. The molecule has 0 bridgehead atoms. The number of aryl methyl sites for hydroxylation is 2. The molecule has 7 heterocycles. The van der Waals surface area contributed by atoms with Crippen molar-refractivity contribution in [3.8, 4) is 11.5 Å². The summed E-state index contributed by atoms with van der Waals surface area (Å²) in [6.07, 6.45) is 6.49. The summed E-state index contributed by atoms with van der Waals surface area (Å²) in [5.41, 5.74) is 3.98. The number of amides is 3. The number of likely N-dealkylation sites (N-methyl/N-ethyl adjacent to an activating group) is 1. The number of benzene rings is 2. The van der Waals surface area contributed by atoms with E-state index in [1.54, 1.807) is 19.3 Å². The Morgan fingerprint density at radius 1 is 1.03 bits per heavy atom. The molecule has 9 rings (SSSR count). The fourth-order valence-electron chi connectivity index (χ4n) is 9.19. The van der Waals surface area contributed by atoms with E-state index in [9.17, 15) is 19.2 Å². The second kappa shape index (κ2) is 15.5. The summed E-state index contributed by atoms with van der Waals surface area (Å²) in [6, 6.07) is 11.5. The number of piperidine rings is 3. The highest BCUT2D eigenvalue weighted by Crippen LogP contribution is 2.48. The van der Waals surface area contributed by atoms with Gasteiger partial charge in [0.15, 0.2) is 18.2 Å². The summed E-state index contributed by atoms with van der Waals surface area (Å²) in [5, 5.41) is 15.1. The van der Waals surface area contributed by atoms with Gasteiger partial charge >= 0.3 is 0 Å². The Balaban J connectivity index is 0.811. The lowest BCUT2D eigenvalue weighted by atomic mass is 9.74. The van der Waals surface area contributed by atoms with Crippen molar-refractivity contribution < 1.29 is 23.9 Å². The van der Waals surface area contributed by atoms with Gasteiger partial charge in [0.1, 0.15) is 10.8 Å². The Bertz CT molecular complexity index is 2560. The summed E-state index contributed by atoms with van der Waals surface area (Å²) in [6.45, 7) is 5.13. The number of nitrogens with one attached hydrogen (secondary N) is 3. The fourth-order valence-corrected chi connectivity index (χ4v) is 9.33. The van der Waals surface area contributed by atoms with E-state index in [0.717, 1.165) is 86.1 Å². The molecule has 0 aliphatic carbocycles. The lowest BCUT2D eigenvalue weighted by Gasteiger charge is -2.41. The van der Waals surface area contributed by atoms with Crippen molar-refractivity contribution in [2.24, 2.45) is 20.0 Å². The molecule has 1 unspecified atom stereocenters. The summed E-state index contributed by atoms with van der Waals surface area (Å²) in [7, 11) is 5.09. The molecule has 0 saturated carbocycles. The van der Waals surface area contributed by atoms with Crippen LogP contribution in [0, 0.1) is 5.92 Å². The first-order chi connectivity index (χ1) is 28.5. The number of carbonyl (C=O) groups is 3. The molecular weight excluding hydrogens is 776 g/mol. The summed E-state index contributed by atoms with van der Waals surface area (Å²) >= 11 is 6.59. The highest BCUT2D eigenvalue weighted by Gasteiger charge is 2.44. The van der Waals surface area contributed by atoms with Gasteiger partial charge in [-0.2, -0.15) is 10.1 Å². The van der Waals surface area contributed by atoms with Crippen LogP contribution >= 0.6 is 11.6 Å². The number of hydrogen-bond acceptors (Lipinski definition) is 12. The van der Waals surface area contributed by atoms with Crippen molar-refractivity contribution in [3.05, 3.63) is 69.2 Å². The van der Waals surface area contributed by atoms with Gasteiger partial charge in [-0.05, 0) is 87.5 Å². The van der Waals surface area contributed by atoms with Crippen LogP contribution in [-0.2, 0) is 33.9 Å². The zero-order valence-electron chi connectivity index (χ0n) is 33.3. The van der Waals surface area contributed by atoms with Crippen LogP contribution in [0.25, 0.3) is 21.8 Å². The van der Waals surface area contributed by atoms with Crippen LogP contribution in [0.15, 0.2) is 47.4 Å². The number of pyridine rings is 1. The van der Waals surface area contributed by atoms with Gasteiger partial charge in [-0.15, -0.1) is 0 Å². The number of halogens is 1. The van der Waals surface area contributed by atoms with E-state index in [1.165, 1.54) is 17.2 Å². The van der Waals surface area contributed by atoms with Crippen LogP contribution < -0.4 is 35.9 Å². The van der Waals surface area contributed by atoms with Crippen molar-refractivity contribution >= 4 is 68.6 Å². The smallest absolute Gasteiger partial charge is 0.293 e. The number of ether oxygens (including phenoxy) is 2. The molecule has 17 heteroatoms. The molecule has 3 amide bonds. The summed E-state index contributed by atoms with van der Waals surface area (Å²) in [4.78, 5) is 63.2. The fraction of sp³-hybridized carbons (Fsp3) is 0.452. The molecule has 59 heavy (non-hydrogen) atoms. The third-order valence-electron chi connectivity index (χ3n) is 12.7. The van der Waals surface area contributed by atoms with Crippen molar-refractivity contribution in [3.63, 3.8) is 0 Å². The number of likely N-dealkylation sites (tertiary alicyclic amines) is 1. The molecule has 4 aliphatic heterocycles. The first-order valence-electron chi connectivity index (χ1n) is 20.2. The summed E-state index contributed by atoms with van der Waals surface area (Å²) in [5.74, 6) is 1.35. The zero-order chi connectivity index (χ0) is 41.0. The average molecular weight is 823 g/mol. The molecule has 1 atom stereocenters. The van der Waals surface area contributed by atoms with E-state index >= 15 is 0 Å². The van der Waals surface area contributed by atoms with Crippen molar-refractivity contribution in [1.82, 2.24) is 39.8 Å². The van der Waals surface area contributed by atoms with Crippen LogP contribution in [0.3, 0.4) is 0 Å². The number of aromatic nitrogens is 5. The Morgan fingerprint density at radius 3 is 2.59 bits per heavy atom. The van der Waals surface area contributed by atoms with Gasteiger partial charge in [-0.3, -0.25) is 29.2 Å². The van der Waals surface area contributed by atoms with Gasteiger partial charge in [-0.1, -0.05) is 11.6 Å². The van der Waals surface area contributed by atoms with Gasteiger partial charge in [0, 0.05) is 74.6 Å². The SMILES string of the molecule is CNC(=O)COc1cc2cc(Nc3nc(N4CCC(CN5CCC6(CC5)COc5cc7c(C8CCC(=O)NC8=O)nn(C)c7cc56)CC4)ncc3Cl)ccc2n(C)c1=O. The van der Waals surface area contributed by atoms with Crippen molar-refractivity contribution in [1.29, 1.82) is 0 Å². The number of nitrogens with zero attached hydrogens (tertiary/aromatic N) is 7. The minimum absolute atomic E-state index is 0.0452. The Hall–Kier alpha value is -5.74. The van der Waals surface area contributed by atoms with Crippen molar-refractivity contribution in [2.75, 3.05) is 63.2 Å². The third kappa shape index (κ3) is 7.32. The molecule has 1 spiro atoms. The second-order valence-corrected chi connectivity index (χ2v) is 16.7. The van der Waals surface area contributed by atoms with Gasteiger partial charge in [0.25, 0.3) is 11.5 Å². The quantitative estimate of drug-likeness (QED) is 0.183. The van der Waals surface area contributed by atoms with Crippen LogP contribution in [0.1, 0.15) is 55.7 Å². The molecule has 3 N–H and O–H groups in total. The predicted octanol–water partition coefficient (Wildman–Crippen LogP) is 3.90. The standard InChI is InChI=1S/C42H47ClN10O6/c1-44-36(55)22-58-34-17-25-16-26(4-6-31(25)50(2)40(34)57)46-38-30(43)20-45-41(48-38)53-12-8-24(9-13-53)21-52-14-10-42(11-15-52)23-59-33-18-28-32(19-29(33)42)51(3)49-37(28)27-5-7-35(54)47-39(27)56/h4,6,16-20,24,27H,5,7-15,21-23H2,1-3H3,(H,44,55)(H,45,46,48)(H,47,54,56). The number of imide groups is 1. The van der Waals surface area contributed by atoms with E-state index in [4.69, 9.17) is 31.2 Å². The van der Waals surface area contributed by atoms with Gasteiger partial charge in [0.2, 0.25) is 17.8 Å². The van der Waals surface area contributed by atoms with Gasteiger partial charge in [0.05, 0.1) is 35.4 Å². The molecule has 3 fully saturated rings. The molecule has 4 aliphatic rings. The second-order valence-electron chi connectivity index (χ2n) is 16.3. The van der Waals surface area contributed by atoms with E-state index in [2.05, 4.69) is 42.9 Å². The molecular formula is C42H47ClN10O6. The molecule has 16 nitrogen and oxygen atoms in total. The van der Waals surface area contributed by atoms with E-state index < -0.39 is 5.92 Å². The van der Waals surface area contributed by atoms with Crippen molar-refractivity contribution in [2.45, 2.75) is 49.9 Å². The van der Waals surface area contributed by atoms with E-state index in [1.807, 2.05) is 29.9 Å². The number of carbonyl (C=O) groups excluding carboxylic acids is 3. The average Bonchev–Trinajstić information content (AvgIpc) is 3.75. The minimum atomic E-state index is -0.449. The zero-order valence-corrected chi connectivity index (χ0v) is 34.1. The monoisotopic (exact) mass is 822 g/mol. The molecule has 0 radical (unpaired) electrons. The first-order valence-corrected chi connectivity index (χ1v) is 20.6. The number of anilines is 3. The maximum Gasteiger partial charge on any atom is 0.293 e. The topological polar surface area (TPSA) is 178 Å². The summed E-state index contributed by atoms with van der Waals surface area (Å²) < 4.78 is 15.2. The number of fused-ring (bicyclic) bond motifs is 4. The largest absolute Gasteiger partial charge is 0.492 e. The third-order valence-corrected chi connectivity index (χ3v) is 13.0. The lowest BCUT2D eigenvalue weighted by molar-refractivity contribution is -0.134. The lowest BCUT2D eigenvalue weighted by Crippen LogP contribution is -2.46. The van der Waals surface area contributed by atoms with Crippen LogP contribution in [0.5, 0.6) is 11.5 Å². The van der Waals surface area contributed by atoms with Crippen LogP contribution in [-0.4, -0.2) is 99.9 Å². The molecule has 2 aromatic carbocycles. The Labute approximate surface area is 345 Å². The molecule has 308 valence electrons. The van der Waals surface area contributed by atoms with E-state index in [0.29, 0.717) is 53.4 Å². The van der Waals surface area contributed by atoms with Gasteiger partial charge < -0.3 is 34.5 Å². The highest BCUT2D eigenvalue weighted by molar-refractivity contribution is 6.33. The molecule has 5 aromatic rings. The van der Waals surface area contributed by atoms with E-state index in [-0.39, 0.29) is 41.1 Å². The minimum Gasteiger partial charge on any atom is -0.492 e. The predicted molar refractivity (Wildman–Crippen MR) is 223 cm³/mol. The first kappa shape index (κ1) is 38.8. The number of rotatable bonds is 9. The highest BCUT2D eigenvalue weighted by atomic mass is 35.5.